The molecule has 0 saturated heterocycles. The fraction of sp³-hybridized carbons (Fsp3) is 0.600. The summed E-state index contributed by atoms with van der Waals surface area (Å²) in [6.07, 6.45) is 8.14. The molecule has 1 nitrogen and oxygen atoms in total. The first kappa shape index (κ1) is 13.1. The first-order valence-electron chi connectivity index (χ1n) is 6.74. The molecule has 1 unspecified atom stereocenters. The van der Waals surface area contributed by atoms with Crippen molar-refractivity contribution in [1.29, 1.82) is 0 Å². The van der Waals surface area contributed by atoms with Crippen LogP contribution in [0, 0.1) is 11.8 Å². The second-order valence-electron chi connectivity index (χ2n) is 5.23. The predicted octanol–water partition coefficient (Wildman–Crippen LogP) is 4.15. The van der Waals surface area contributed by atoms with E-state index < -0.39 is 0 Å². The van der Waals surface area contributed by atoms with Crippen LogP contribution in [0.4, 0.5) is 0 Å². The maximum Gasteiger partial charge on any atom is 0.0177 e. The van der Waals surface area contributed by atoms with Crippen molar-refractivity contribution < 1.29 is 0 Å². The zero-order valence-corrected chi connectivity index (χ0v) is 12.0. The molecule has 1 fully saturated rings. The first-order chi connectivity index (χ1) is 8.29. The number of hydrogen-bond donors (Lipinski definition) is 1. The van der Waals surface area contributed by atoms with Crippen molar-refractivity contribution in [3.63, 3.8) is 0 Å². The molecular weight excluding hydrogens is 274 g/mol. The predicted molar refractivity (Wildman–Crippen MR) is 77.0 cm³/mol. The van der Waals surface area contributed by atoms with E-state index in [2.05, 4.69) is 40.2 Å². The van der Waals surface area contributed by atoms with E-state index in [1.807, 2.05) is 0 Å². The van der Waals surface area contributed by atoms with Gasteiger partial charge < -0.3 is 5.73 Å². The molecule has 0 bridgehead atoms. The Balaban J connectivity index is 1.98. The fourth-order valence-electron chi connectivity index (χ4n) is 3.01. The monoisotopic (exact) mass is 295 g/mol. The number of halogens is 1. The molecule has 0 aliphatic heterocycles. The summed E-state index contributed by atoms with van der Waals surface area (Å²) in [6, 6.07) is 8.65. The van der Waals surface area contributed by atoms with Gasteiger partial charge in [0.2, 0.25) is 0 Å². The van der Waals surface area contributed by atoms with Gasteiger partial charge in [-0.15, -0.1) is 0 Å². The van der Waals surface area contributed by atoms with Crippen LogP contribution in [0.1, 0.15) is 37.7 Å². The molecule has 1 aliphatic rings. The Bertz CT molecular complexity index is 345. The van der Waals surface area contributed by atoms with Crippen LogP contribution in [0.5, 0.6) is 0 Å². The minimum absolute atomic E-state index is 0.671. The van der Waals surface area contributed by atoms with Gasteiger partial charge in [-0.3, -0.25) is 0 Å². The van der Waals surface area contributed by atoms with Gasteiger partial charge in [0, 0.05) is 4.47 Å². The molecule has 0 amide bonds. The summed E-state index contributed by atoms with van der Waals surface area (Å²) in [5.41, 5.74) is 7.39. The van der Waals surface area contributed by atoms with Gasteiger partial charge in [-0.05, 0) is 42.5 Å². The average molecular weight is 296 g/mol. The van der Waals surface area contributed by atoms with Crippen molar-refractivity contribution in [1.82, 2.24) is 0 Å². The maximum absolute atomic E-state index is 5.98. The first-order valence-corrected chi connectivity index (χ1v) is 7.53. The van der Waals surface area contributed by atoms with Crippen LogP contribution in [-0.2, 0) is 6.42 Å². The van der Waals surface area contributed by atoms with E-state index >= 15 is 0 Å². The van der Waals surface area contributed by atoms with Crippen LogP contribution in [0.2, 0.25) is 0 Å². The molecule has 94 valence electrons. The largest absolute Gasteiger partial charge is 0.330 e. The molecule has 1 aromatic rings. The van der Waals surface area contributed by atoms with Crippen LogP contribution in [0.3, 0.4) is 0 Å². The Hall–Kier alpha value is -0.340. The van der Waals surface area contributed by atoms with Crippen molar-refractivity contribution in [3.8, 4) is 0 Å². The van der Waals surface area contributed by atoms with E-state index in [0.29, 0.717) is 5.92 Å². The van der Waals surface area contributed by atoms with E-state index in [-0.39, 0.29) is 0 Å². The summed E-state index contributed by atoms with van der Waals surface area (Å²) >= 11 is 3.54. The smallest absolute Gasteiger partial charge is 0.0177 e. The molecule has 0 heterocycles. The summed E-state index contributed by atoms with van der Waals surface area (Å²) in [5, 5.41) is 0. The van der Waals surface area contributed by atoms with E-state index in [0.717, 1.165) is 18.9 Å². The van der Waals surface area contributed by atoms with Gasteiger partial charge in [-0.25, -0.2) is 0 Å². The minimum atomic E-state index is 0.671. The number of hydrogen-bond acceptors (Lipinski definition) is 1. The van der Waals surface area contributed by atoms with E-state index in [1.165, 1.54) is 42.1 Å². The average Bonchev–Trinajstić information content (AvgIpc) is 2.37. The highest BCUT2D eigenvalue weighted by molar-refractivity contribution is 9.10. The summed E-state index contributed by atoms with van der Waals surface area (Å²) in [4.78, 5) is 0. The normalized spacial score (nSPS) is 19.2. The molecule has 1 aromatic carbocycles. The topological polar surface area (TPSA) is 26.0 Å². The van der Waals surface area contributed by atoms with Crippen molar-refractivity contribution in [2.45, 2.75) is 38.5 Å². The van der Waals surface area contributed by atoms with Gasteiger partial charge >= 0.3 is 0 Å². The van der Waals surface area contributed by atoms with E-state index in [9.17, 15) is 0 Å². The zero-order chi connectivity index (χ0) is 12.1. The third kappa shape index (κ3) is 3.82. The summed E-state index contributed by atoms with van der Waals surface area (Å²) < 4.78 is 1.18. The van der Waals surface area contributed by atoms with Crippen molar-refractivity contribution >= 4 is 15.9 Å². The second kappa shape index (κ2) is 6.55. The van der Waals surface area contributed by atoms with Gasteiger partial charge in [0.1, 0.15) is 0 Å². The number of nitrogens with two attached hydrogens (primary N) is 1. The molecule has 2 N–H and O–H groups in total. The van der Waals surface area contributed by atoms with Crippen molar-refractivity contribution in [3.05, 3.63) is 34.3 Å². The molecule has 0 radical (unpaired) electrons. The maximum atomic E-state index is 5.98. The fourth-order valence-corrected chi connectivity index (χ4v) is 3.46. The van der Waals surface area contributed by atoms with Gasteiger partial charge in [-0.1, -0.05) is 60.2 Å². The Labute approximate surface area is 113 Å². The third-order valence-electron chi connectivity index (χ3n) is 4.01. The zero-order valence-electron chi connectivity index (χ0n) is 10.4. The number of rotatable bonds is 4. The minimum Gasteiger partial charge on any atom is -0.330 e. The lowest BCUT2D eigenvalue weighted by Crippen LogP contribution is -2.27. The number of benzene rings is 1. The van der Waals surface area contributed by atoms with Gasteiger partial charge in [0.25, 0.3) is 0 Å². The quantitative estimate of drug-likeness (QED) is 0.887. The summed E-state index contributed by atoms with van der Waals surface area (Å²) in [5.74, 6) is 1.53. The summed E-state index contributed by atoms with van der Waals surface area (Å²) in [7, 11) is 0. The molecular formula is C15H22BrN. The van der Waals surface area contributed by atoms with Crippen molar-refractivity contribution in [2.24, 2.45) is 17.6 Å². The molecule has 1 saturated carbocycles. The Morgan fingerprint density at radius 2 is 2.00 bits per heavy atom. The molecule has 0 aromatic heterocycles. The highest BCUT2D eigenvalue weighted by Crippen LogP contribution is 2.31. The van der Waals surface area contributed by atoms with Gasteiger partial charge in [-0.2, -0.15) is 0 Å². The molecule has 0 spiro atoms. The summed E-state index contributed by atoms with van der Waals surface area (Å²) in [6.45, 7) is 0.831. The van der Waals surface area contributed by atoms with Crippen LogP contribution in [0.15, 0.2) is 28.7 Å². The lowest BCUT2D eigenvalue weighted by atomic mass is 9.77. The van der Waals surface area contributed by atoms with Crippen LogP contribution in [0.25, 0.3) is 0 Å². The van der Waals surface area contributed by atoms with Crippen LogP contribution >= 0.6 is 15.9 Å². The molecule has 1 atom stereocenters. The van der Waals surface area contributed by atoms with Crippen molar-refractivity contribution in [2.75, 3.05) is 6.54 Å². The Morgan fingerprint density at radius 1 is 1.24 bits per heavy atom. The lowest BCUT2D eigenvalue weighted by Gasteiger charge is -2.29. The Morgan fingerprint density at radius 3 is 2.65 bits per heavy atom. The lowest BCUT2D eigenvalue weighted by molar-refractivity contribution is 0.251. The van der Waals surface area contributed by atoms with E-state index in [4.69, 9.17) is 5.73 Å². The SMILES string of the molecule is NCC(Cc1cccc(Br)c1)C1CCCCC1. The van der Waals surface area contributed by atoms with E-state index in [1.54, 1.807) is 0 Å². The highest BCUT2D eigenvalue weighted by atomic mass is 79.9. The second-order valence-corrected chi connectivity index (χ2v) is 6.14. The van der Waals surface area contributed by atoms with Crippen LogP contribution < -0.4 is 5.73 Å². The Kier molecular flexibility index (Phi) is 5.05. The molecule has 2 heteroatoms. The molecule has 2 rings (SSSR count). The molecule has 1 aliphatic carbocycles. The van der Waals surface area contributed by atoms with Crippen LogP contribution in [-0.4, -0.2) is 6.54 Å². The molecule has 17 heavy (non-hydrogen) atoms. The standard InChI is InChI=1S/C15H22BrN/c16-15-8-4-5-12(10-15)9-14(11-17)13-6-2-1-3-7-13/h4-5,8,10,13-14H,1-3,6-7,9,11,17H2. The van der Waals surface area contributed by atoms with Gasteiger partial charge in [0.15, 0.2) is 0 Å². The third-order valence-corrected chi connectivity index (χ3v) is 4.50. The highest BCUT2D eigenvalue weighted by Gasteiger charge is 2.22. The van der Waals surface area contributed by atoms with Gasteiger partial charge in [0.05, 0.1) is 0 Å².